The molecule has 11 heteroatoms. The van der Waals surface area contributed by atoms with E-state index >= 15 is 0 Å². The van der Waals surface area contributed by atoms with Gasteiger partial charge in [-0.05, 0) is 48.5 Å². The lowest BCUT2D eigenvalue weighted by Gasteiger charge is -2.09. The minimum Gasteiger partial charge on any atom is -0.434 e. The van der Waals surface area contributed by atoms with Crippen LogP contribution in [0.15, 0.2) is 70.2 Å². The third kappa shape index (κ3) is 4.40. The average Bonchev–Trinajstić information content (AvgIpc) is 3.11. The van der Waals surface area contributed by atoms with Crippen molar-refractivity contribution in [3.63, 3.8) is 0 Å². The Labute approximate surface area is 168 Å². The monoisotopic (exact) mass is 435 g/mol. The molecule has 0 saturated carbocycles. The van der Waals surface area contributed by atoms with Crippen LogP contribution in [-0.2, 0) is 15.6 Å². The quantitative estimate of drug-likeness (QED) is 0.465. The van der Waals surface area contributed by atoms with Gasteiger partial charge in [0, 0.05) is 18.0 Å². The predicted molar refractivity (Wildman–Crippen MR) is 99.0 cm³/mol. The van der Waals surface area contributed by atoms with Crippen LogP contribution in [0.5, 0.6) is 5.75 Å². The third-order valence-corrected chi connectivity index (χ3v) is 5.65. The van der Waals surface area contributed by atoms with E-state index in [1.165, 1.54) is 12.3 Å². The van der Waals surface area contributed by atoms with Crippen LogP contribution in [0.25, 0.3) is 22.7 Å². The first-order valence-electron chi connectivity index (χ1n) is 8.45. The van der Waals surface area contributed by atoms with Crippen molar-refractivity contribution < 1.29 is 30.7 Å². The summed E-state index contributed by atoms with van der Waals surface area (Å²) >= 11 is 0. The van der Waals surface area contributed by atoms with Gasteiger partial charge in [0.2, 0.25) is 5.89 Å². The molecule has 0 aliphatic heterocycles. The molecule has 1 aromatic carbocycles. The molecule has 0 aliphatic carbocycles. The first kappa shape index (κ1) is 19.8. The van der Waals surface area contributed by atoms with Gasteiger partial charge in [-0.2, -0.15) is 4.98 Å². The molecule has 7 nitrogen and oxygen atoms in total. The largest absolute Gasteiger partial charge is 0.573 e. The first-order chi connectivity index (χ1) is 14.2. The van der Waals surface area contributed by atoms with Gasteiger partial charge >= 0.3 is 6.36 Å². The lowest BCUT2D eigenvalue weighted by Crippen LogP contribution is -2.17. The van der Waals surface area contributed by atoms with Gasteiger partial charge in [-0.25, -0.2) is 13.4 Å². The second-order valence-corrected chi connectivity index (χ2v) is 8.15. The molecule has 0 unspecified atom stereocenters. The fourth-order valence-corrected chi connectivity index (χ4v) is 3.97. The predicted octanol–water partition coefficient (Wildman–Crippen LogP) is 4.16. The summed E-state index contributed by atoms with van der Waals surface area (Å²) in [6, 6.07) is 10.5. The van der Waals surface area contributed by atoms with Gasteiger partial charge in [-0.15, -0.1) is 13.2 Å². The summed E-state index contributed by atoms with van der Waals surface area (Å²) in [5.74, 6) is -0.705. The van der Waals surface area contributed by atoms with Gasteiger partial charge in [-0.1, -0.05) is 0 Å². The van der Waals surface area contributed by atoms with Crippen LogP contribution in [0.3, 0.4) is 0 Å². The molecule has 0 atom stereocenters. The molecule has 4 rings (SSSR count). The van der Waals surface area contributed by atoms with Gasteiger partial charge < -0.3 is 9.15 Å². The number of halogens is 3. The summed E-state index contributed by atoms with van der Waals surface area (Å²) in [4.78, 5) is 12.2. The molecular formula is C19H12F3N3O4S. The molecular weight excluding hydrogens is 423 g/mol. The molecule has 0 bridgehead atoms. The molecule has 0 amide bonds. The minimum absolute atomic E-state index is 0.157. The average molecular weight is 435 g/mol. The number of hydrogen-bond acceptors (Lipinski definition) is 7. The number of pyridine rings is 2. The standard InChI is InChI=1S/C19H12F3N3O4S/c20-19(21,22)29-14-3-5-15(6-4-14)30(26,27)11-13-10-12(7-9-23-13)18-25-17-16(28-18)2-1-8-24-17/h1-10H,11H2. The van der Waals surface area contributed by atoms with Crippen molar-refractivity contribution in [2.24, 2.45) is 0 Å². The highest BCUT2D eigenvalue weighted by Gasteiger charge is 2.31. The number of hydrogen-bond donors (Lipinski definition) is 0. The summed E-state index contributed by atoms with van der Waals surface area (Å²) in [5, 5.41) is 0. The van der Waals surface area contributed by atoms with Crippen LogP contribution in [0.2, 0.25) is 0 Å². The Hall–Kier alpha value is -3.47. The number of fused-ring (bicyclic) bond motifs is 1. The van der Waals surface area contributed by atoms with Crippen LogP contribution in [0.1, 0.15) is 5.69 Å². The molecule has 4 aromatic rings. The van der Waals surface area contributed by atoms with E-state index in [1.54, 1.807) is 24.4 Å². The lowest BCUT2D eigenvalue weighted by atomic mass is 10.2. The maximum atomic E-state index is 12.6. The highest BCUT2D eigenvalue weighted by Crippen LogP contribution is 2.26. The Morgan fingerprint density at radius 2 is 1.77 bits per heavy atom. The molecule has 154 valence electrons. The highest BCUT2D eigenvalue weighted by atomic mass is 32.2. The van der Waals surface area contributed by atoms with Gasteiger partial charge in [0.1, 0.15) is 5.75 Å². The number of oxazole rings is 1. The van der Waals surface area contributed by atoms with Gasteiger partial charge in [0.15, 0.2) is 21.1 Å². The molecule has 0 fully saturated rings. The number of alkyl halides is 3. The van der Waals surface area contributed by atoms with E-state index in [-0.39, 0.29) is 16.5 Å². The van der Waals surface area contributed by atoms with E-state index in [1.807, 2.05) is 0 Å². The van der Waals surface area contributed by atoms with E-state index in [0.717, 1.165) is 24.3 Å². The minimum atomic E-state index is -4.86. The maximum absolute atomic E-state index is 12.6. The third-order valence-electron chi connectivity index (χ3n) is 3.98. The summed E-state index contributed by atoms with van der Waals surface area (Å²) in [7, 11) is -3.86. The van der Waals surface area contributed by atoms with Crippen molar-refractivity contribution in [2.45, 2.75) is 17.0 Å². The summed E-state index contributed by atoms with van der Waals surface area (Å²) < 4.78 is 71.4. The van der Waals surface area contributed by atoms with Crippen LogP contribution < -0.4 is 4.74 Å². The fourth-order valence-electron chi connectivity index (χ4n) is 2.71. The second-order valence-electron chi connectivity index (χ2n) is 6.16. The Morgan fingerprint density at radius 1 is 1.00 bits per heavy atom. The van der Waals surface area contributed by atoms with Crippen LogP contribution in [-0.4, -0.2) is 29.7 Å². The maximum Gasteiger partial charge on any atom is 0.573 e. The number of rotatable bonds is 5. The molecule has 0 aliphatic rings. The van der Waals surface area contributed by atoms with Crippen molar-refractivity contribution in [3.8, 4) is 17.2 Å². The van der Waals surface area contributed by atoms with Crippen molar-refractivity contribution in [2.75, 3.05) is 0 Å². The summed E-state index contributed by atoms with van der Waals surface area (Å²) in [6.45, 7) is 0. The zero-order chi connectivity index (χ0) is 21.4. The lowest BCUT2D eigenvalue weighted by molar-refractivity contribution is -0.274. The van der Waals surface area contributed by atoms with E-state index in [9.17, 15) is 21.6 Å². The number of nitrogens with zero attached hydrogens (tertiary/aromatic N) is 3. The number of ether oxygens (including phenoxy) is 1. The Kier molecular flexibility index (Phi) is 4.90. The number of aromatic nitrogens is 3. The van der Waals surface area contributed by atoms with E-state index in [2.05, 4.69) is 19.7 Å². The molecule has 0 radical (unpaired) electrons. The van der Waals surface area contributed by atoms with Crippen molar-refractivity contribution in [1.29, 1.82) is 0 Å². The Balaban J connectivity index is 1.57. The van der Waals surface area contributed by atoms with Gasteiger partial charge in [0.05, 0.1) is 16.3 Å². The number of benzene rings is 1. The van der Waals surface area contributed by atoms with Crippen molar-refractivity contribution in [1.82, 2.24) is 15.0 Å². The van der Waals surface area contributed by atoms with E-state index < -0.39 is 27.7 Å². The Morgan fingerprint density at radius 3 is 2.47 bits per heavy atom. The van der Waals surface area contributed by atoms with Crippen LogP contribution in [0, 0.1) is 0 Å². The summed E-state index contributed by atoms with van der Waals surface area (Å²) in [5.41, 5.74) is 1.64. The van der Waals surface area contributed by atoms with Crippen LogP contribution >= 0.6 is 0 Å². The zero-order valence-electron chi connectivity index (χ0n) is 15.0. The molecule has 0 spiro atoms. The van der Waals surface area contributed by atoms with Gasteiger partial charge in [0.25, 0.3) is 0 Å². The first-order valence-corrected chi connectivity index (χ1v) is 10.1. The van der Waals surface area contributed by atoms with Gasteiger partial charge in [-0.3, -0.25) is 4.98 Å². The van der Waals surface area contributed by atoms with Crippen molar-refractivity contribution in [3.05, 3.63) is 66.6 Å². The zero-order valence-corrected chi connectivity index (χ0v) is 15.8. The highest BCUT2D eigenvalue weighted by molar-refractivity contribution is 7.90. The molecule has 3 aromatic heterocycles. The SMILES string of the molecule is O=S(=O)(Cc1cc(-c2nc3ncccc3o2)ccn1)c1ccc(OC(F)(F)F)cc1. The second kappa shape index (κ2) is 7.41. The smallest absolute Gasteiger partial charge is 0.434 e. The van der Waals surface area contributed by atoms with E-state index in [0.29, 0.717) is 16.8 Å². The number of sulfone groups is 1. The molecule has 30 heavy (non-hydrogen) atoms. The van der Waals surface area contributed by atoms with E-state index in [4.69, 9.17) is 4.42 Å². The molecule has 0 N–H and O–H groups in total. The normalized spacial score (nSPS) is 12.2. The van der Waals surface area contributed by atoms with Crippen molar-refractivity contribution >= 4 is 21.1 Å². The topological polar surface area (TPSA) is 95.2 Å². The Bertz CT molecular complexity index is 1270. The molecule has 0 saturated heterocycles. The fraction of sp³-hybridized carbons (Fsp3) is 0.105. The molecule has 3 heterocycles. The summed E-state index contributed by atoms with van der Waals surface area (Å²) in [6.07, 6.45) is -1.86. The van der Waals surface area contributed by atoms with Crippen LogP contribution in [0.4, 0.5) is 13.2 Å².